The molecule has 0 radical (unpaired) electrons. The van der Waals surface area contributed by atoms with Crippen LogP contribution in [0, 0.1) is 0 Å². The molecule has 1 heterocycles. The van der Waals surface area contributed by atoms with Crippen molar-refractivity contribution in [2.45, 2.75) is 13.3 Å². The molecule has 0 spiro atoms. The number of pyridine rings is 1. The quantitative estimate of drug-likeness (QED) is 0.693. The van der Waals surface area contributed by atoms with E-state index in [0.717, 1.165) is 17.7 Å². The van der Waals surface area contributed by atoms with Crippen LogP contribution in [0.5, 0.6) is 5.75 Å². The second kappa shape index (κ2) is 3.23. The molecular formula is C8H12N2O. The molecule has 0 saturated carbocycles. The summed E-state index contributed by atoms with van der Waals surface area (Å²) in [5.41, 5.74) is 6.62. The molecule has 0 aromatic carbocycles. The van der Waals surface area contributed by atoms with Gasteiger partial charge in [0.05, 0.1) is 13.3 Å². The van der Waals surface area contributed by atoms with Crippen molar-refractivity contribution in [3.63, 3.8) is 0 Å². The normalized spacial score (nSPS) is 9.64. The summed E-state index contributed by atoms with van der Waals surface area (Å²) < 4.78 is 4.99. The molecule has 1 rings (SSSR count). The van der Waals surface area contributed by atoms with Crippen molar-refractivity contribution in [1.82, 2.24) is 4.98 Å². The predicted molar refractivity (Wildman–Crippen MR) is 44.6 cm³/mol. The molecule has 1 aromatic heterocycles. The van der Waals surface area contributed by atoms with Crippen molar-refractivity contribution in [1.29, 1.82) is 0 Å². The summed E-state index contributed by atoms with van der Waals surface area (Å²) in [6, 6.07) is 1.91. The third kappa shape index (κ3) is 1.61. The number of ether oxygens (including phenoxy) is 1. The Morgan fingerprint density at radius 3 is 2.91 bits per heavy atom. The van der Waals surface area contributed by atoms with E-state index in [1.165, 1.54) is 0 Å². The minimum Gasteiger partial charge on any atom is -0.495 e. The van der Waals surface area contributed by atoms with Crippen molar-refractivity contribution in [3.05, 3.63) is 17.8 Å². The Kier molecular flexibility index (Phi) is 2.31. The molecule has 2 N–H and O–H groups in total. The van der Waals surface area contributed by atoms with E-state index >= 15 is 0 Å². The highest BCUT2D eigenvalue weighted by atomic mass is 16.5. The lowest BCUT2D eigenvalue weighted by Gasteiger charge is -2.03. The van der Waals surface area contributed by atoms with Crippen LogP contribution in [0.15, 0.2) is 12.3 Å². The van der Waals surface area contributed by atoms with E-state index in [0.29, 0.717) is 5.82 Å². The van der Waals surface area contributed by atoms with Crippen LogP contribution in [0.3, 0.4) is 0 Å². The van der Waals surface area contributed by atoms with Crippen LogP contribution >= 0.6 is 0 Å². The Labute approximate surface area is 66.2 Å². The minimum atomic E-state index is 0.591. The van der Waals surface area contributed by atoms with Crippen LogP contribution in [-0.2, 0) is 6.42 Å². The molecule has 0 bridgehead atoms. The van der Waals surface area contributed by atoms with Crippen LogP contribution in [0.1, 0.15) is 12.5 Å². The first-order chi connectivity index (χ1) is 5.27. The Hall–Kier alpha value is -1.25. The highest BCUT2D eigenvalue weighted by molar-refractivity contribution is 5.42. The van der Waals surface area contributed by atoms with Gasteiger partial charge >= 0.3 is 0 Å². The maximum absolute atomic E-state index is 5.59. The van der Waals surface area contributed by atoms with Gasteiger partial charge in [-0.1, -0.05) is 6.92 Å². The molecule has 0 aliphatic heterocycles. The highest BCUT2D eigenvalue weighted by Gasteiger charge is 1.99. The molecule has 0 aliphatic carbocycles. The average molecular weight is 152 g/mol. The van der Waals surface area contributed by atoms with E-state index in [9.17, 15) is 0 Å². The Balaban J connectivity index is 3.02. The number of aryl methyl sites for hydroxylation is 1. The largest absolute Gasteiger partial charge is 0.495 e. The fourth-order valence-electron chi connectivity index (χ4n) is 0.894. The van der Waals surface area contributed by atoms with Gasteiger partial charge in [0.1, 0.15) is 11.6 Å². The number of hydrogen-bond acceptors (Lipinski definition) is 3. The Morgan fingerprint density at radius 1 is 1.64 bits per heavy atom. The van der Waals surface area contributed by atoms with E-state index in [1.807, 2.05) is 13.0 Å². The van der Waals surface area contributed by atoms with Gasteiger partial charge in [0.15, 0.2) is 0 Å². The Morgan fingerprint density at radius 2 is 2.36 bits per heavy atom. The van der Waals surface area contributed by atoms with Gasteiger partial charge in [0.25, 0.3) is 0 Å². The first kappa shape index (κ1) is 7.85. The van der Waals surface area contributed by atoms with Crippen LogP contribution in [0.25, 0.3) is 0 Å². The maximum Gasteiger partial charge on any atom is 0.137 e. The lowest BCUT2D eigenvalue weighted by molar-refractivity contribution is 0.412. The summed E-state index contributed by atoms with van der Waals surface area (Å²) in [6.07, 6.45) is 2.50. The van der Waals surface area contributed by atoms with Gasteiger partial charge in [-0.2, -0.15) is 0 Å². The summed E-state index contributed by atoms with van der Waals surface area (Å²) in [5.74, 6) is 1.35. The number of hydrogen-bond donors (Lipinski definition) is 1. The fraction of sp³-hybridized carbons (Fsp3) is 0.375. The van der Waals surface area contributed by atoms with Crippen LogP contribution in [-0.4, -0.2) is 12.1 Å². The predicted octanol–water partition coefficient (Wildman–Crippen LogP) is 1.23. The third-order valence-corrected chi connectivity index (χ3v) is 1.59. The SMILES string of the molecule is CCc1cc(OC)cnc1N. The van der Waals surface area contributed by atoms with Gasteiger partial charge in [-0.25, -0.2) is 4.98 Å². The van der Waals surface area contributed by atoms with Crippen molar-refractivity contribution < 1.29 is 4.74 Å². The summed E-state index contributed by atoms with van der Waals surface area (Å²) in [7, 11) is 1.62. The molecule has 0 saturated heterocycles. The highest BCUT2D eigenvalue weighted by Crippen LogP contribution is 2.16. The first-order valence-electron chi connectivity index (χ1n) is 3.56. The molecule has 11 heavy (non-hydrogen) atoms. The molecule has 0 amide bonds. The molecular weight excluding hydrogens is 140 g/mol. The number of rotatable bonds is 2. The van der Waals surface area contributed by atoms with Crippen molar-refractivity contribution >= 4 is 5.82 Å². The monoisotopic (exact) mass is 152 g/mol. The zero-order valence-corrected chi connectivity index (χ0v) is 6.79. The number of nitrogens with two attached hydrogens (primary N) is 1. The average Bonchev–Trinajstić information content (AvgIpc) is 2.05. The van der Waals surface area contributed by atoms with Crippen molar-refractivity contribution in [3.8, 4) is 5.75 Å². The molecule has 3 heteroatoms. The van der Waals surface area contributed by atoms with Gasteiger partial charge < -0.3 is 10.5 Å². The third-order valence-electron chi connectivity index (χ3n) is 1.59. The van der Waals surface area contributed by atoms with Crippen molar-refractivity contribution in [2.75, 3.05) is 12.8 Å². The summed E-state index contributed by atoms with van der Waals surface area (Å²) in [5, 5.41) is 0. The number of anilines is 1. The Bertz CT molecular complexity index is 248. The summed E-state index contributed by atoms with van der Waals surface area (Å²) in [6.45, 7) is 2.03. The summed E-state index contributed by atoms with van der Waals surface area (Å²) in [4.78, 5) is 3.97. The number of nitrogens with zero attached hydrogens (tertiary/aromatic N) is 1. The van der Waals surface area contributed by atoms with Gasteiger partial charge in [-0.15, -0.1) is 0 Å². The van der Waals surface area contributed by atoms with Gasteiger partial charge in [-0.05, 0) is 18.1 Å². The second-order valence-electron chi connectivity index (χ2n) is 2.27. The lowest BCUT2D eigenvalue weighted by Crippen LogP contribution is -1.97. The smallest absolute Gasteiger partial charge is 0.137 e. The topological polar surface area (TPSA) is 48.1 Å². The van der Waals surface area contributed by atoms with Crippen LogP contribution in [0.4, 0.5) is 5.82 Å². The van der Waals surface area contributed by atoms with E-state index in [1.54, 1.807) is 13.3 Å². The molecule has 0 unspecified atom stereocenters. The number of aromatic nitrogens is 1. The van der Waals surface area contributed by atoms with Crippen LogP contribution < -0.4 is 10.5 Å². The zero-order valence-electron chi connectivity index (χ0n) is 6.79. The zero-order chi connectivity index (χ0) is 8.27. The number of nitrogen functional groups attached to an aromatic ring is 1. The minimum absolute atomic E-state index is 0.591. The van der Waals surface area contributed by atoms with Gasteiger partial charge in [-0.3, -0.25) is 0 Å². The number of methoxy groups -OCH3 is 1. The van der Waals surface area contributed by atoms with E-state index in [4.69, 9.17) is 10.5 Å². The molecule has 0 fully saturated rings. The summed E-state index contributed by atoms with van der Waals surface area (Å²) >= 11 is 0. The second-order valence-corrected chi connectivity index (χ2v) is 2.27. The molecule has 3 nitrogen and oxygen atoms in total. The lowest BCUT2D eigenvalue weighted by atomic mass is 10.2. The van der Waals surface area contributed by atoms with E-state index < -0.39 is 0 Å². The van der Waals surface area contributed by atoms with Crippen molar-refractivity contribution in [2.24, 2.45) is 0 Å². The molecule has 1 aromatic rings. The first-order valence-corrected chi connectivity index (χ1v) is 3.56. The standard InChI is InChI=1S/C8H12N2O/c1-3-6-4-7(11-2)5-10-8(6)9/h4-5H,3H2,1-2H3,(H2,9,10). The molecule has 60 valence electrons. The van der Waals surface area contributed by atoms with E-state index in [2.05, 4.69) is 4.98 Å². The molecule has 0 atom stereocenters. The fourth-order valence-corrected chi connectivity index (χ4v) is 0.894. The van der Waals surface area contributed by atoms with Crippen LogP contribution in [0.2, 0.25) is 0 Å². The van der Waals surface area contributed by atoms with Gasteiger partial charge in [0.2, 0.25) is 0 Å². The maximum atomic E-state index is 5.59. The van der Waals surface area contributed by atoms with Gasteiger partial charge in [0, 0.05) is 0 Å². The molecule has 0 aliphatic rings. The van der Waals surface area contributed by atoms with E-state index in [-0.39, 0.29) is 0 Å².